The predicted molar refractivity (Wildman–Crippen MR) is 75.5 cm³/mol. The third-order valence-electron chi connectivity index (χ3n) is 2.55. The maximum absolute atomic E-state index is 13.6. The van der Waals surface area contributed by atoms with E-state index in [1.165, 1.54) is 12.1 Å². The van der Waals surface area contributed by atoms with Crippen molar-refractivity contribution in [3.05, 3.63) is 47.0 Å². The highest BCUT2D eigenvalue weighted by molar-refractivity contribution is 6.30. The van der Waals surface area contributed by atoms with Crippen molar-refractivity contribution >= 4 is 11.6 Å². The molecule has 6 heteroatoms. The van der Waals surface area contributed by atoms with E-state index in [2.05, 4.69) is 22.2 Å². The Hall–Kier alpha value is -1.72. The fourth-order valence-corrected chi connectivity index (χ4v) is 1.72. The number of aromatic nitrogens is 2. The quantitative estimate of drug-likeness (QED) is 0.828. The molecular formula is C14H15ClFN3O. The molecular weight excluding hydrogens is 281 g/mol. The average Bonchev–Trinajstić information content (AvgIpc) is 2.46. The molecule has 1 aromatic carbocycles. The van der Waals surface area contributed by atoms with Crippen LogP contribution >= 0.6 is 11.6 Å². The van der Waals surface area contributed by atoms with Crippen LogP contribution in [0.2, 0.25) is 5.02 Å². The monoisotopic (exact) mass is 295 g/mol. The van der Waals surface area contributed by atoms with Gasteiger partial charge in [-0.25, -0.2) is 14.4 Å². The Morgan fingerprint density at radius 2 is 2.05 bits per heavy atom. The van der Waals surface area contributed by atoms with Crippen LogP contribution in [0, 0.1) is 5.82 Å². The first-order valence-corrected chi connectivity index (χ1v) is 6.72. The second kappa shape index (κ2) is 7.17. The van der Waals surface area contributed by atoms with E-state index in [1.807, 2.05) is 0 Å². The predicted octanol–water partition coefficient (Wildman–Crippen LogP) is 3.56. The molecule has 0 atom stereocenters. The summed E-state index contributed by atoms with van der Waals surface area (Å²) in [5, 5.41) is 3.24. The van der Waals surface area contributed by atoms with Gasteiger partial charge in [0.25, 0.3) is 0 Å². The minimum Gasteiger partial charge on any atom is -0.421 e. The highest BCUT2D eigenvalue weighted by Gasteiger charge is 2.09. The number of hydrogen-bond acceptors (Lipinski definition) is 4. The first kappa shape index (κ1) is 14.7. The summed E-state index contributed by atoms with van der Waals surface area (Å²) in [6.07, 6.45) is 4.36. The molecule has 0 aliphatic rings. The molecule has 0 amide bonds. The van der Waals surface area contributed by atoms with E-state index in [-0.39, 0.29) is 16.8 Å². The molecule has 0 saturated heterocycles. The van der Waals surface area contributed by atoms with Crippen molar-refractivity contribution in [1.29, 1.82) is 0 Å². The van der Waals surface area contributed by atoms with Crippen molar-refractivity contribution in [2.75, 3.05) is 6.54 Å². The van der Waals surface area contributed by atoms with Gasteiger partial charge in [0.2, 0.25) is 0 Å². The number of nitrogens with zero attached hydrogens (tertiary/aromatic N) is 2. The molecule has 0 bridgehead atoms. The van der Waals surface area contributed by atoms with E-state index >= 15 is 0 Å². The lowest BCUT2D eigenvalue weighted by Gasteiger charge is -2.06. The molecule has 20 heavy (non-hydrogen) atoms. The first-order valence-electron chi connectivity index (χ1n) is 6.34. The average molecular weight is 296 g/mol. The molecule has 2 aromatic rings. The van der Waals surface area contributed by atoms with Crippen LogP contribution in [-0.2, 0) is 6.54 Å². The summed E-state index contributed by atoms with van der Waals surface area (Å²) in [7, 11) is 0. The third kappa shape index (κ3) is 3.88. The molecule has 0 aliphatic heterocycles. The summed E-state index contributed by atoms with van der Waals surface area (Å²) in [5.74, 6) is -0.610. The van der Waals surface area contributed by atoms with Crippen LogP contribution in [0.5, 0.6) is 11.8 Å². The van der Waals surface area contributed by atoms with E-state index in [4.69, 9.17) is 16.3 Å². The van der Waals surface area contributed by atoms with Gasteiger partial charge in [-0.2, -0.15) is 0 Å². The maximum Gasteiger partial charge on any atom is 0.321 e. The normalized spacial score (nSPS) is 10.6. The largest absolute Gasteiger partial charge is 0.421 e. The van der Waals surface area contributed by atoms with Crippen LogP contribution in [0.1, 0.15) is 18.9 Å². The molecule has 0 saturated carbocycles. The summed E-state index contributed by atoms with van der Waals surface area (Å²) in [5.41, 5.74) is 0.942. The maximum atomic E-state index is 13.6. The van der Waals surface area contributed by atoms with Gasteiger partial charge in [0, 0.05) is 24.5 Å². The third-order valence-corrected chi connectivity index (χ3v) is 2.85. The lowest BCUT2D eigenvalue weighted by Crippen LogP contribution is -2.14. The first-order chi connectivity index (χ1) is 9.70. The van der Waals surface area contributed by atoms with E-state index < -0.39 is 5.82 Å². The summed E-state index contributed by atoms with van der Waals surface area (Å²) in [6.45, 7) is 3.73. The smallest absolute Gasteiger partial charge is 0.321 e. The van der Waals surface area contributed by atoms with Crippen molar-refractivity contribution in [3.63, 3.8) is 0 Å². The van der Waals surface area contributed by atoms with Gasteiger partial charge in [-0.15, -0.1) is 0 Å². The zero-order valence-electron chi connectivity index (χ0n) is 11.1. The van der Waals surface area contributed by atoms with Crippen LogP contribution in [0.4, 0.5) is 4.39 Å². The van der Waals surface area contributed by atoms with Crippen LogP contribution in [0.15, 0.2) is 30.6 Å². The Balaban J connectivity index is 2.01. The molecule has 1 N–H and O–H groups in total. The fourth-order valence-electron chi connectivity index (χ4n) is 1.56. The minimum atomic E-state index is -0.619. The molecule has 2 rings (SSSR count). The van der Waals surface area contributed by atoms with Crippen molar-refractivity contribution in [3.8, 4) is 11.8 Å². The van der Waals surface area contributed by atoms with Crippen molar-refractivity contribution in [1.82, 2.24) is 15.3 Å². The van der Waals surface area contributed by atoms with Gasteiger partial charge in [0.15, 0.2) is 11.6 Å². The number of ether oxygens (including phenoxy) is 1. The molecule has 0 fully saturated rings. The molecule has 1 heterocycles. The SMILES string of the molecule is CCCNCc1cnc(Oc2cccc(Cl)c2F)nc1. The summed E-state index contributed by atoms with van der Waals surface area (Å²) in [4.78, 5) is 8.08. The second-order valence-corrected chi connectivity index (χ2v) is 4.61. The van der Waals surface area contributed by atoms with Crippen molar-refractivity contribution in [2.24, 2.45) is 0 Å². The number of nitrogens with one attached hydrogen (secondary N) is 1. The molecule has 0 radical (unpaired) electrons. The Bertz CT molecular complexity index is 563. The van der Waals surface area contributed by atoms with Gasteiger partial charge in [-0.1, -0.05) is 24.6 Å². The fraction of sp³-hybridized carbons (Fsp3) is 0.286. The molecule has 0 unspecified atom stereocenters. The molecule has 4 nitrogen and oxygen atoms in total. The number of rotatable bonds is 6. The number of benzene rings is 1. The standard InChI is InChI=1S/C14H15ClFN3O/c1-2-6-17-7-10-8-18-14(19-9-10)20-12-5-3-4-11(15)13(12)16/h3-5,8-9,17H,2,6-7H2,1H3. The topological polar surface area (TPSA) is 47.0 Å². The van der Waals surface area contributed by atoms with Crippen LogP contribution in [-0.4, -0.2) is 16.5 Å². The van der Waals surface area contributed by atoms with Crippen molar-refractivity contribution in [2.45, 2.75) is 19.9 Å². The summed E-state index contributed by atoms with van der Waals surface area (Å²) in [6, 6.07) is 4.61. The Labute approximate surface area is 122 Å². The Kier molecular flexibility index (Phi) is 5.26. The van der Waals surface area contributed by atoms with Crippen molar-refractivity contribution < 1.29 is 9.13 Å². The minimum absolute atomic E-state index is 0.00267. The molecule has 1 aromatic heterocycles. The van der Waals surface area contributed by atoms with Gasteiger partial charge in [-0.3, -0.25) is 0 Å². The van der Waals surface area contributed by atoms with E-state index in [1.54, 1.807) is 18.5 Å². The van der Waals surface area contributed by atoms with Gasteiger partial charge < -0.3 is 10.1 Å². The summed E-state index contributed by atoms with van der Waals surface area (Å²) >= 11 is 5.67. The van der Waals surface area contributed by atoms with Gasteiger partial charge in [0.1, 0.15) is 0 Å². The lowest BCUT2D eigenvalue weighted by molar-refractivity contribution is 0.410. The van der Waals surface area contributed by atoms with E-state index in [0.717, 1.165) is 18.5 Å². The highest BCUT2D eigenvalue weighted by Crippen LogP contribution is 2.26. The van der Waals surface area contributed by atoms with Crippen LogP contribution in [0.25, 0.3) is 0 Å². The van der Waals surface area contributed by atoms with Gasteiger partial charge in [-0.05, 0) is 25.1 Å². The Morgan fingerprint density at radius 1 is 1.30 bits per heavy atom. The Morgan fingerprint density at radius 3 is 2.75 bits per heavy atom. The lowest BCUT2D eigenvalue weighted by atomic mass is 10.3. The second-order valence-electron chi connectivity index (χ2n) is 4.20. The van der Waals surface area contributed by atoms with E-state index in [9.17, 15) is 4.39 Å². The molecule has 0 spiro atoms. The van der Waals surface area contributed by atoms with Crippen LogP contribution in [0.3, 0.4) is 0 Å². The zero-order chi connectivity index (χ0) is 14.4. The summed E-state index contributed by atoms with van der Waals surface area (Å²) < 4.78 is 18.9. The number of hydrogen-bond donors (Lipinski definition) is 1. The van der Waals surface area contributed by atoms with Crippen LogP contribution < -0.4 is 10.1 Å². The number of halogens is 2. The van der Waals surface area contributed by atoms with Gasteiger partial charge in [0.05, 0.1) is 5.02 Å². The highest BCUT2D eigenvalue weighted by atomic mass is 35.5. The zero-order valence-corrected chi connectivity index (χ0v) is 11.8. The van der Waals surface area contributed by atoms with Gasteiger partial charge >= 0.3 is 6.01 Å². The van der Waals surface area contributed by atoms with E-state index in [0.29, 0.717) is 6.54 Å². The molecule has 106 valence electrons. The molecule has 0 aliphatic carbocycles.